The molecule has 0 saturated carbocycles. The van der Waals surface area contributed by atoms with Gasteiger partial charge in [-0.3, -0.25) is 0 Å². The fourth-order valence-electron chi connectivity index (χ4n) is 1.47. The van der Waals surface area contributed by atoms with Crippen molar-refractivity contribution in [3.63, 3.8) is 0 Å². The maximum Gasteiger partial charge on any atom is 0.434 e. The Morgan fingerprint density at radius 1 is 0.958 bits per heavy atom. The predicted octanol–water partition coefficient (Wildman–Crippen LogP) is 3.39. The summed E-state index contributed by atoms with van der Waals surface area (Å²) in [7, 11) is 0. The molecule has 0 unspecified atom stereocenters. The SMILES string of the molecule is CCCNc1nc(NC(C)C)nc(OC(C(F)(F)F)C(F)(F)F)n1. The molecule has 12 heteroatoms. The number of anilines is 2. The Hall–Kier alpha value is -2.01. The van der Waals surface area contributed by atoms with E-state index in [0.717, 1.165) is 0 Å². The van der Waals surface area contributed by atoms with Crippen molar-refractivity contribution < 1.29 is 31.1 Å². The van der Waals surface area contributed by atoms with Gasteiger partial charge in [-0.1, -0.05) is 6.92 Å². The van der Waals surface area contributed by atoms with Crippen LogP contribution in [0.3, 0.4) is 0 Å². The van der Waals surface area contributed by atoms with E-state index in [1.807, 2.05) is 6.92 Å². The Balaban J connectivity index is 3.15. The number of aromatic nitrogens is 3. The van der Waals surface area contributed by atoms with Crippen molar-refractivity contribution in [1.82, 2.24) is 15.0 Å². The Morgan fingerprint density at radius 3 is 1.96 bits per heavy atom. The molecule has 0 spiro atoms. The highest BCUT2D eigenvalue weighted by atomic mass is 19.4. The number of rotatable bonds is 7. The van der Waals surface area contributed by atoms with Gasteiger partial charge in [0.1, 0.15) is 0 Å². The highest BCUT2D eigenvalue weighted by Gasteiger charge is 2.59. The van der Waals surface area contributed by atoms with Crippen molar-refractivity contribution in [2.45, 2.75) is 51.7 Å². The van der Waals surface area contributed by atoms with Crippen LogP contribution in [0.1, 0.15) is 27.2 Å². The molecule has 138 valence electrons. The molecule has 0 aliphatic heterocycles. The molecule has 0 radical (unpaired) electrons. The zero-order chi connectivity index (χ0) is 18.5. The molecule has 6 nitrogen and oxygen atoms in total. The van der Waals surface area contributed by atoms with Crippen LogP contribution in [-0.4, -0.2) is 46.0 Å². The molecule has 0 amide bonds. The molecule has 1 aromatic heterocycles. The van der Waals surface area contributed by atoms with Crippen LogP contribution in [0.15, 0.2) is 0 Å². The molecular weight excluding hydrogens is 344 g/mol. The highest BCUT2D eigenvalue weighted by molar-refractivity contribution is 5.36. The van der Waals surface area contributed by atoms with Gasteiger partial charge in [0.25, 0.3) is 6.10 Å². The number of ether oxygens (including phenoxy) is 1. The summed E-state index contributed by atoms with van der Waals surface area (Å²) >= 11 is 0. The molecule has 2 N–H and O–H groups in total. The van der Waals surface area contributed by atoms with Crippen LogP contribution in [0.25, 0.3) is 0 Å². The van der Waals surface area contributed by atoms with Crippen LogP contribution >= 0.6 is 0 Å². The van der Waals surface area contributed by atoms with E-state index in [1.165, 1.54) is 0 Å². The monoisotopic (exact) mass is 361 g/mol. The smallest absolute Gasteiger partial charge is 0.434 e. The third-order valence-corrected chi connectivity index (χ3v) is 2.38. The van der Waals surface area contributed by atoms with Gasteiger partial charge in [0, 0.05) is 12.6 Å². The maximum atomic E-state index is 12.6. The van der Waals surface area contributed by atoms with Crippen LogP contribution < -0.4 is 15.4 Å². The van der Waals surface area contributed by atoms with Gasteiger partial charge in [-0.05, 0) is 20.3 Å². The first-order valence-corrected chi connectivity index (χ1v) is 7.00. The van der Waals surface area contributed by atoms with E-state index in [-0.39, 0.29) is 17.9 Å². The Morgan fingerprint density at radius 2 is 1.50 bits per heavy atom. The lowest BCUT2D eigenvalue weighted by atomic mass is 10.3. The summed E-state index contributed by atoms with van der Waals surface area (Å²) in [5.74, 6) is -0.384. The summed E-state index contributed by atoms with van der Waals surface area (Å²) < 4.78 is 79.4. The van der Waals surface area contributed by atoms with Crippen molar-refractivity contribution in [1.29, 1.82) is 0 Å². The largest absolute Gasteiger partial charge is 0.440 e. The lowest BCUT2D eigenvalue weighted by Gasteiger charge is -2.23. The first-order valence-electron chi connectivity index (χ1n) is 7.00. The molecule has 0 aromatic carbocycles. The molecule has 0 aliphatic carbocycles. The second kappa shape index (κ2) is 7.71. The van der Waals surface area contributed by atoms with E-state index in [9.17, 15) is 26.3 Å². The molecule has 1 rings (SSSR count). The van der Waals surface area contributed by atoms with E-state index in [0.29, 0.717) is 13.0 Å². The predicted molar refractivity (Wildman–Crippen MR) is 73.9 cm³/mol. The summed E-state index contributed by atoms with van der Waals surface area (Å²) in [5.41, 5.74) is 0. The Labute approximate surface area is 134 Å². The number of nitrogens with zero attached hydrogens (tertiary/aromatic N) is 3. The number of hydrogen-bond acceptors (Lipinski definition) is 6. The van der Waals surface area contributed by atoms with Crippen molar-refractivity contribution in [3.05, 3.63) is 0 Å². The summed E-state index contributed by atoms with van der Waals surface area (Å²) in [6, 6.07) is -1.29. The standard InChI is InChI=1S/C12H17F6N5O/c1-4-5-19-8-21-9(20-6(2)3)23-10(22-8)24-7(11(13,14)15)12(16,17)18/h6-7H,4-5H2,1-3H3,(H2,19,20,21,22,23). The molecule has 1 aromatic rings. The average molecular weight is 361 g/mol. The molecular formula is C12H17F6N5O. The second-order valence-electron chi connectivity index (χ2n) is 5.07. The van der Waals surface area contributed by atoms with E-state index in [2.05, 4.69) is 30.3 Å². The van der Waals surface area contributed by atoms with Crippen LogP contribution in [-0.2, 0) is 0 Å². The second-order valence-corrected chi connectivity index (χ2v) is 5.07. The minimum absolute atomic E-state index is 0.187. The fourth-order valence-corrected chi connectivity index (χ4v) is 1.47. The lowest BCUT2D eigenvalue weighted by Crippen LogP contribution is -2.47. The molecule has 0 atom stereocenters. The van der Waals surface area contributed by atoms with E-state index < -0.39 is 24.5 Å². The third kappa shape index (κ3) is 6.24. The van der Waals surface area contributed by atoms with Crippen molar-refractivity contribution >= 4 is 11.9 Å². The van der Waals surface area contributed by atoms with Gasteiger partial charge >= 0.3 is 18.4 Å². The van der Waals surface area contributed by atoms with Gasteiger partial charge in [0.2, 0.25) is 11.9 Å². The van der Waals surface area contributed by atoms with Crippen molar-refractivity contribution in [3.8, 4) is 6.01 Å². The molecule has 0 bridgehead atoms. The number of halogens is 6. The van der Waals surface area contributed by atoms with Gasteiger partial charge in [-0.25, -0.2) is 0 Å². The average Bonchev–Trinajstić information content (AvgIpc) is 2.39. The quantitative estimate of drug-likeness (QED) is 0.726. The van der Waals surface area contributed by atoms with E-state index >= 15 is 0 Å². The topological polar surface area (TPSA) is 72.0 Å². The zero-order valence-corrected chi connectivity index (χ0v) is 13.1. The number of hydrogen-bond donors (Lipinski definition) is 2. The molecule has 24 heavy (non-hydrogen) atoms. The van der Waals surface area contributed by atoms with Crippen molar-refractivity contribution in [2.24, 2.45) is 0 Å². The van der Waals surface area contributed by atoms with Gasteiger partial charge in [-0.15, -0.1) is 0 Å². The summed E-state index contributed by atoms with van der Waals surface area (Å²) in [6.07, 6.45) is -14.7. The first kappa shape index (κ1) is 20.0. The van der Waals surface area contributed by atoms with Gasteiger partial charge in [0.05, 0.1) is 0 Å². The molecule has 0 fully saturated rings. The van der Waals surface area contributed by atoms with E-state index in [1.54, 1.807) is 13.8 Å². The minimum atomic E-state index is -5.66. The normalized spacial score (nSPS) is 12.6. The summed E-state index contributed by atoms with van der Waals surface area (Å²) in [5, 5.41) is 5.32. The zero-order valence-electron chi connectivity index (χ0n) is 13.1. The van der Waals surface area contributed by atoms with Gasteiger partial charge < -0.3 is 15.4 Å². The summed E-state index contributed by atoms with van der Waals surface area (Å²) in [4.78, 5) is 10.8. The first-order chi connectivity index (χ1) is 10.9. The van der Waals surface area contributed by atoms with Crippen LogP contribution in [0.4, 0.5) is 38.2 Å². The molecule has 1 heterocycles. The van der Waals surface area contributed by atoms with Crippen LogP contribution in [0.2, 0.25) is 0 Å². The van der Waals surface area contributed by atoms with E-state index in [4.69, 9.17) is 0 Å². The van der Waals surface area contributed by atoms with Crippen LogP contribution in [0.5, 0.6) is 6.01 Å². The summed E-state index contributed by atoms with van der Waals surface area (Å²) in [6.45, 7) is 5.56. The number of nitrogens with one attached hydrogen (secondary N) is 2. The Bertz CT molecular complexity index is 520. The van der Waals surface area contributed by atoms with Gasteiger partial charge in [0.15, 0.2) is 0 Å². The van der Waals surface area contributed by atoms with Crippen LogP contribution in [0, 0.1) is 0 Å². The third-order valence-electron chi connectivity index (χ3n) is 2.38. The lowest BCUT2D eigenvalue weighted by molar-refractivity contribution is -0.301. The highest BCUT2D eigenvalue weighted by Crippen LogP contribution is 2.35. The van der Waals surface area contributed by atoms with Crippen molar-refractivity contribution in [2.75, 3.05) is 17.2 Å². The molecule has 0 aliphatic rings. The number of alkyl halides is 6. The molecule has 0 saturated heterocycles. The van der Waals surface area contributed by atoms with Gasteiger partial charge in [-0.2, -0.15) is 41.3 Å². The Kier molecular flexibility index (Phi) is 6.43. The fraction of sp³-hybridized carbons (Fsp3) is 0.750. The maximum absolute atomic E-state index is 12.6. The minimum Gasteiger partial charge on any atom is -0.440 e.